The van der Waals surface area contributed by atoms with Crippen LogP contribution in [0.5, 0.6) is 17.2 Å². The highest BCUT2D eigenvalue weighted by molar-refractivity contribution is 7.84. The zero-order valence-corrected chi connectivity index (χ0v) is 18.8. The van der Waals surface area contributed by atoms with Gasteiger partial charge in [0, 0.05) is 25.7 Å². The zero-order valence-electron chi connectivity index (χ0n) is 17.2. The molecule has 0 aliphatic carbocycles. The van der Waals surface area contributed by atoms with Crippen molar-refractivity contribution in [2.24, 2.45) is 0 Å². The van der Waals surface area contributed by atoms with Crippen molar-refractivity contribution in [2.75, 3.05) is 28.3 Å². The topological polar surface area (TPSA) is 104 Å². The van der Waals surface area contributed by atoms with E-state index in [1.54, 1.807) is 36.4 Å². The smallest absolute Gasteiger partial charge is 0.384 e. The second-order valence-corrected chi connectivity index (χ2v) is 8.47. The first-order valence-electron chi connectivity index (χ1n) is 8.90. The van der Waals surface area contributed by atoms with Gasteiger partial charge in [0.25, 0.3) is 5.89 Å². The van der Waals surface area contributed by atoms with E-state index in [1.807, 2.05) is 0 Å². The van der Waals surface area contributed by atoms with Crippen LogP contribution < -0.4 is 13.7 Å². The fourth-order valence-corrected chi connectivity index (χ4v) is 3.27. The number of benzene rings is 2. The van der Waals surface area contributed by atoms with Gasteiger partial charge >= 0.3 is 10.3 Å². The molecule has 31 heavy (non-hydrogen) atoms. The predicted molar refractivity (Wildman–Crippen MR) is 116 cm³/mol. The summed E-state index contributed by atoms with van der Waals surface area (Å²) in [5.41, 5.74) is 1.31. The van der Waals surface area contributed by atoms with Crippen molar-refractivity contribution in [2.45, 2.75) is 0 Å². The number of rotatable bonds is 8. The number of aromatic nitrogens is 2. The van der Waals surface area contributed by atoms with Crippen LogP contribution in [0.2, 0.25) is 5.02 Å². The highest BCUT2D eigenvalue weighted by atomic mass is 35.5. The summed E-state index contributed by atoms with van der Waals surface area (Å²) in [6, 6.07) is 9.78. The van der Waals surface area contributed by atoms with Crippen LogP contribution in [0.3, 0.4) is 0 Å². The van der Waals surface area contributed by atoms with Crippen LogP contribution in [0.4, 0.5) is 0 Å². The van der Waals surface area contributed by atoms with E-state index in [0.717, 1.165) is 4.31 Å². The minimum absolute atomic E-state index is 0.171. The summed E-state index contributed by atoms with van der Waals surface area (Å²) in [6.07, 6.45) is 3.33. The third-order valence-corrected chi connectivity index (χ3v) is 5.81. The lowest BCUT2D eigenvalue weighted by Gasteiger charge is -2.11. The number of hydrogen-bond acceptors (Lipinski definition) is 8. The molecule has 1 aromatic heterocycles. The van der Waals surface area contributed by atoms with E-state index in [9.17, 15) is 8.42 Å². The first kappa shape index (κ1) is 22.6. The minimum Gasteiger partial charge on any atom is -0.493 e. The summed E-state index contributed by atoms with van der Waals surface area (Å²) in [5.74, 6) is 1.72. The van der Waals surface area contributed by atoms with Gasteiger partial charge < -0.3 is 18.2 Å². The van der Waals surface area contributed by atoms with Gasteiger partial charge in [-0.05, 0) is 48.0 Å². The van der Waals surface area contributed by atoms with E-state index in [4.69, 9.17) is 29.8 Å². The first-order valence-corrected chi connectivity index (χ1v) is 10.6. The zero-order chi connectivity index (χ0) is 22.6. The van der Waals surface area contributed by atoms with Gasteiger partial charge in [0.05, 0.1) is 19.2 Å². The maximum atomic E-state index is 11.8. The Morgan fingerprint density at radius 1 is 1.03 bits per heavy atom. The maximum Gasteiger partial charge on any atom is 0.384 e. The molecule has 0 spiro atoms. The van der Waals surface area contributed by atoms with Gasteiger partial charge in [-0.1, -0.05) is 16.8 Å². The van der Waals surface area contributed by atoms with Crippen LogP contribution in [0, 0.1) is 0 Å². The van der Waals surface area contributed by atoms with Crippen LogP contribution in [0.1, 0.15) is 11.5 Å². The van der Waals surface area contributed by atoms with Crippen molar-refractivity contribution in [3.63, 3.8) is 0 Å². The number of methoxy groups -OCH3 is 2. The summed E-state index contributed by atoms with van der Waals surface area (Å²) < 4.78 is 45.3. The Hall–Kier alpha value is -3.08. The van der Waals surface area contributed by atoms with Crippen molar-refractivity contribution in [1.82, 2.24) is 14.4 Å². The van der Waals surface area contributed by atoms with Gasteiger partial charge in [-0.15, -0.1) is 0 Å². The molecule has 2 aromatic carbocycles. The molecule has 0 radical (unpaired) electrons. The summed E-state index contributed by atoms with van der Waals surface area (Å²) >= 11 is 6.36. The predicted octanol–water partition coefficient (Wildman–Crippen LogP) is 3.76. The Morgan fingerprint density at radius 2 is 1.74 bits per heavy atom. The number of halogens is 1. The molecule has 164 valence electrons. The van der Waals surface area contributed by atoms with Crippen LogP contribution in [-0.4, -0.2) is 51.2 Å². The van der Waals surface area contributed by atoms with Crippen LogP contribution in [0.25, 0.3) is 23.5 Å². The lowest BCUT2D eigenvalue weighted by atomic mass is 10.2. The fourth-order valence-electron chi connectivity index (χ4n) is 2.47. The maximum absolute atomic E-state index is 11.8. The molecule has 3 aromatic rings. The summed E-state index contributed by atoms with van der Waals surface area (Å²) in [6.45, 7) is 0. The molecule has 0 N–H and O–H groups in total. The number of ether oxygens (including phenoxy) is 2. The Kier molecular flexibility index (Phi) is 6.84. The van der Waals surface area contributed by atoms with E-state index in [-0.39, 0.29) is 11.6 Å². The molecular formula is C20H20ClN3O6S. The van der Waals surface area contributed by atoms with Crippen LogP contribution in [-0.2, 0) is 10.3 Å². The van der Waals surface area contributed by atoms with Gasteiger partial charge in [-0.2, -0.15) is 17.7 Å². The molecule has 11 heteroatoms. The van der Waals surface area contributed by atoms with Gasteiger partial charge in [0.15, 0.2) is 11.5 Å². The molecule has 0 saturated heterocycles. The highest BCUT2D eigenvalue weighted by Gasteiger charge is 2.16. The molecule has 0 aliphatic heterocycles. The van der Waals surface area contributed by atoms with Crippen molar-refractivity contribution >= 4 is 34.1 Å². The van der Waals surface area contributed by atoms with Gasteiger partial charge in [-0.3, -0.25) is 0 Å². The van der Waals surface area contributed by atoms with E-state index >= 15 is 0 Å². The molecule has 0 unspecified atom stereocenters. The molecule has 0 aliphatic rings. The average molecular weight is 466 g/mol. The number of nitrogens with zero attached hydrogens (tertiary/aromatic N) is 3. The lowest BCUT2D eigenvalue weighted by molar-refractivity contribution is 0.355. The second kappa shape index (κ2) is 9.38. The number of hydrogen-bond donors (Lipinski definition) is 0. The van der Waals surface area contributed by atoms with E-state index in [2.05, 4.69) is 10.1 Å². The van der Waals surface area contributed by atoms with E-state index < -0.39 is 10.3 Å². The van der Waals surface area contributed by atoms with Gasteiger partial charge in [0.2, 0.25) is 5.82 Å². The third kappa shape index (κ3) is 5.16. The molecule has 0 atom stereocenters. The van der Waals surface area contributed by atoms with Gasteiger partial charge in [-0.25, -0.2) is 0 Å². The van der Waals surface area contributed by atoms with Crippen molar-refractivity contribution in [3.8, 4) is 28.6 Å². The lowest BCUT2D eigenvalue weighted by Crippen LogP contribution is -2.26. The minimum atomic E-state index is -3.82. The largest absolute Gasteiger partial charge is 0.493 e. The normalized spacial score (nSPS) is 11.8. The Labute approximate surface area is 185 Å². The van der Waals surface area contributed by atoms with E-state index in [0.29, 0.717) is 33.5 Å². The monoisotopic (exact) mass is 465 g/mol. The summed E-state index contributed by atoms with van der Waals surface area (Å²) in [7, 11) is 1.98. The second-order valence-electron chi connectivity index (χ2n) is 6.34. The first-order chi connectivity index (χ1) is 14.7. The molecular weight excluding hydrogens is 446 g/mol. The average Bonchev–Trinajstić information content (AvgIpc) is 3.21. The molecule has 0 bridgehead atoms. The molecule has 9 nitrogen and oxygen atoms in total. The summed E-state index contributed by atoms with van der Waals surface area (Å²) in [5, 5.41) is 4.32. The van der Waals surface area contributed by atoms with Crippen molar-refractivity contribution < 1.29 is 26.6 Å². The summed E-state index contributed by atoms with van der Waals surface area (Å²) in [4.78, 5) is 4.30. The molecule has 0 fully saturated rings. The standard InChI is InChI=1S/C20H20ClN3O6S/c1-24(2)31(25,26)30-15-9-5-14(6-10-15)20-22-17(29-23-20)12-8-13-7-11-16(27-3)19(28-4)18(13)21/h5-12H,1-4H3/b12-8+. The van der Waals surface area contributed by atoms with Crippen molar-refractivity contribution in [3.05, 3.63) is 52.9 Å². The van der Waals surface area contributed by atoms with Crippen LogP contribution in [0.15, 0.2) is 40.9 Å². The van der Waals surface area contributed by atoms with Crippen LogP contribution >= 0.6 is 11.6 Å². The molecule has 1 heterocycles. The molecule has 3 rings (SSSR count). The third-order valence-electron chi connectivity index (χ3n) is 4.12. The molecule has 0 amide bonds. The fraction of sp³-hybridized carbons (Fsp3) is 0.200. The van der Waals surface area contributed by atoms with E-state index in [1.165, 1.54) is 40.4 Å². The highest BCUT2D eigenvalue weighted by Crippen LogP contribution is 2.38. The SMILES string of the molecule is COc1ccc(/C=C/c2nc(-c3ccc(OS(=O)(=O)N(C)C)cc3)no2)c(Cl)c1OC. The Balaban J connectivity index is 1.76. The Bertz CT molecular complexity index is 1190. The Morgan fingerprint density at radius 3 is 2.35 bits per heavy atom. The van der Waals surface area contributed by atoms with Gasteiger partial charge in [0.1, 0.15) is 5.75 Å². The quantitative estimate of drug-likeness (QED) is 0.495. The molecule has 0 saturated carbocycles. The van der Waals surface area contributed by atoms with Crippen molar-refractivity contribution in [1.29, 1.82) is 0 Å².